The van der Waals surface area contributed by atoms with Gasteiger partial charge in [0.1, 0.15) is 9.09 Å². The number of sulfonamides is 1. The van der Waals surface area contributed by atoms with Crippen molar-refractivity contribution >= 4 is 39.1 Å². The normalized spacial score (nSPS) is 16.8. The van der Waals surface area contributed by atoms with E-state index < -0.39 is 16.0 Å². The van der Waals surface area contributed by atoms with Crippen molar-refractivity contribution < 1.29 is 18.3 Å². The molecular weight excluding hydrogens is 282 g/mol. The molecule has 0 aliphatic carbocycles. The Morgan fingerprint density at radius 3 is 2.59 bits per heavy atom. The molecule has 0 atom stereocenters. The van der Waals surface area contributed by atoms with Crippen LogP contribution in [-0.2, 0) is 10.0 Å². The Hall–Kier alpha value is -0.570. The molecule has 1 aliphatic heterocycles. The second-order valence-electron chi connectivity index (χ2n) is 3.60. The van der Waals surface area contributed by atoms with Crippen LogP contribution in [-0.4, -0.2) is 38.0 Å². The summed E-state index contributed by atoms with van der Waals surface area (Å²) in [5.74, 6) is 0.828. The van der Waals surface area contributed by atoms with Crippen LogP contribution < -0.4 is 4.72 Å². The Morgan fingerprint density at radius 1 is 1.53 bits per heavy atom. The molecule has 2 N–H and O–H groups in total. The molecule has 0 aromatic carbocycles. The van der Waals surface area contributed by atoms with Crippen molar-refractivity contribution in [3.05, 3.63) is 16.5 Å². The molecule has 0 amide bonds. The fourth-order valence-corrected chi connectivity index (χ4v) is 4.57. The van der Waals surface area contributed by atoms with Gasteiger partial charge in [0, 0.05) is 17.4 Å². The third-order valence-electron chi connectivity index (χ3n) is 2.54. The maximum Gasteiger partial charge on any atom is 0.346 e. The highest BCUT2D eigenvalue weighted by Gasteiger charge is 2.30. The summed E-state index contributed by atoms with van der Waals surface area (Å²) >= 11 is 2.55. The fraction of sp³-hybridized carbons (Fsp3) is 0.444. The standard InChI is InChI=1S/C9H11NO4S3/c1-10-17(13,14)7-2-6(5-3-15-4-5)8(16-7)9(11)12/h2,5,10H,3-4H2,1H3,(H,11,12). The van der Waals surface area contributed by atoms with E-state index in [9.17, 15) is 13.2 Å². The minimum absolute atomic E-state index is 0.0734. The molecule has 8 heteroatoms. The minimum Gasteiger partial charge on any atom is -0.477 e. The van der Waals surface area contributed by atoms with E-state index >= 15 is 0 Å². The van der Waals surface area contributed by atoms with E-state index in [0.29, 0.717) is 5.56 Å². The number of thiophene rings is 1. The number of rotatable bonds is 4. The predicted molar refractivity (Wildman–Crippen MR) is 67.6 cm³/mol. The Morgan fingerprint density at radius 2 is 2.18 bits per heavy atom. The average Bonchev–Trinajstić information content (AvgIpc) is 2.60. The number of hydrogen-bond donors (Lipinski definition) is 2. The zero-order chi connectivity index (χ0) is 12.6. The van der Waals surface area contributed by atoms with Crippen LogP contribution in [0, 0.1) is 0 Å². The largest absolute Gasteiger partial charge is 0.477 e. The van der Waals surface area contributed by atoms with E-state index in [1.165, 1.54) is 13.1 Å². The van der Waals surface area contributed by atoms with Crippen molar-refractivity contribution in [2.24, 2.45) is 0 Å². The van der Waals surface area contributed by atoms with Crippen LogP contribution in [0.25, 0.3) is 0 Å². The summed E-state index contributed by atoms with van der Waals surface area (Å²) in [4.78, 5) is 11.2. The molecule has 1 saturated heterocycles. The van der Waals surface area contributed by atoms with Gasteiger partial charge < -0.3 is 5.11 Å². The second kappa shape index (κ2) is 4.60. The number of carboxylic acid groups (broad SMARTS) is 1. The molecule has 5 nitrogen and oxygen atoms in total. The molecule has 17 heavy (non-hydrogen) atoms. The van der Waals surface area contributed by atoms with Gasteiger partial charge in [-0.25, -0.2) is 17.9 Å². The summed E-state index contributed by atoms with van der Waals surface area (Å²) in [6.45, 7) is 0. The number of thioether (sulfide) groups is 1. The maximum atomic E-state index is 11.6. The van der Waals surface area contributed by atoms with E-state index in [4.69, 9.17) is 5.11 Å². The summed E-state index contributed by atoms with van der Waals surface area (Å²) in [6, 6.07) is 1.49. The first-order valence-corrected chi connectivity index (χ1v) is 8.29. The fourth-order valence-electron chi connectivity index (χ4n) is 1.50. The minimum atomic E-state index is -3.55. The van der Waals surface area contributed by atoms with E-state index in [1.807, 2.05) is 0 Å². The van der Waals surface area contributed by atoms with E-state index in [-0.39, 0.29) is 15.0 Å². The van der Waals surface area contributed by atoms with E-state index in [1.54, 1.807) is 11.8 Å². The zero-order valence-corrected chi connectivity index (χ0v) is 11.4. The van der Waals surface area contributed by atoms with Crippen LogP contribution in [0.3, 0.4) is 0 Å². The van der Waals surface area contributed by atoms with Crippen molar-refractivity contribution in [1.82, 2.24) is 4.72 Å². The van der Waals surface area contributed by atoms with Crippen LogP contribution in [0.1, 0.15) is 21.2 Å². The summed E-state index contributed by atoms with van der Waals surface area (Å²) < 4.78 is 25.5. The monoisotopic (exact) mass is 293 g/mol. The van der Waals surface area contributed by atoms with Gasteiger partial charge in [-0.05, 0) is 18.7 Å². The molecule has 1 aromatic rings. The Labute approximate surface area is 107 Å². The number of hydrogen-bond acceptors (Lipinski definition) is 5. The van der Waals surface area contributed by atoms with Crippen molar-refractivity contribution in [2.75, 3.05) is 18.6 Å². The Bertz CT molecular complexity index is 545. The van der Waals surface area contributed by atoms with Gasteiger partial charge in [0.05, 0.1) is 0 Å². The maximum absolute atomic E-state index is 11.6. The number of carboxylic acids is 1. The first-order valence-electron chi connectivity index (χ1n) is 4.84. The van der Waals surface area contributed by atoms with E-state index in [0.717, 1.165) is 22.8 Å². The van der Waals surface area contributed by atoms with Crippen LogP contribution in [0.4, 0.5) is 0 Å². The van der Waals surface area contributed by atoms with Crippen LogP contribution >= 0.6 is 23.1 Å². The Balaban J connectivity index is 2.48. The third-order valence-corrected chi connectivity index (χ3v) is 6.85. The number of aromatic carboxylic acids is 1. The van der Waals surface area contributed by atoms with Crippen LogP contribution in [0.2, 0.25) is 0 Å². The van der Waals surface area contributed by atoms with Crippen molar-refractivity contribution in [2.45, 2.75) is 10.1 Å². The van der Waals surface area contributed by atoms with Crippen molar-refractivity contribution in [3.63, 3.8) is 0 Å². The molecule has 1 aliphatic rings. The highest BCUT2D eigenvalue weighted by atomic mass is 32.2. The summed E-state index contributed by atoms with van der Waals surface area (Å²) in [7, 11) is -2.24. The quantitative estimate of drug-likeness (QED) is 0.871. The number of carbonyl (C=O) groups is 1. The van der Waals surface area contributed by atoms with Crippen LogP contribution in [0.15, 0.2) is 10.3 Å². The number of nitrogens with one attached hydrogen (secondary N) is 1. The van der Waals surface area contributed by atoms with Crippen molar-refractivity contribution in [3.8, 4) is 0 Å². The summed E-state index contributed by atoms with van der Waals surface area (Å²) in [5.41, 5.74) is 0.648. The molecule has 0 radical (unpaired) electrons. The van der Waals surface area contributed by atoms with Crippen LogP contribution in [0.5, 0.6) is 0 Å². The lowest BCUT2D eigenvalue weighted by atomic mass is 10.0. The van der Waals surface area contributed by atoms with Gasteiger partial charge >= 0.3 is 5.97 Å². The molecule has 1 fully saturated rings. The van der Waals surface area contributed by atoms with Crippen molar-refractivity contribution in [1.29, 1.82) is 0 Å². The summed E-state index contributed by atoms with van der Waals surface area (Å²) in [6.07, 6.45) is 0. The molecular formula is C9H11NO4S3. The summed E-state index contributed by atoms with van der Waals surface area (Å²) in [5, 5.41) is 9.07. The topological polar surface area (TPSA) is 83.5 Å². The lowest BCUT2D eigenvalue weighted by Crippen LogP contribution is -2.18. The predicted octanol–water partition coefficient (Wildman–Crippen LogP) is 1.18. The molecule has 0 bridgehead atoms. The highest BCUT2D eigenvalue weighted by Crippen LogP contribution is 2.40. The molecule has 0 spiro atoms. The van der Waals surface area contributed by atoms with Gasteiger partial charge in [-0.2, -0.15) is 11.8 Å². The molecule has 0 saturated carbocycles. The average molecular weight is 293 g/mol. The Kier molecular flexibility index (Phi) is 3.48. The van der Waals surface area contributed by atoms with Gasteiger partial charge in [-0.3, -0.25) is 0 Å². The zero-order valence-electron chi connectivity index (χ0n) is 8.97. The first-order chi connectivity index (χ1) is 7.95. The SMILES string of the molecule is CNS(=O)(=O)c1cc(C2CSC2)c(C(=O)O)s1. The van der Waals surface area contributed by atoms with Gasteiger partial charge in [0.25, 0.3) is 0 Å². The van der Waals surface area contributed by atoms with Gasteiger partial charge in [-0.1, -0.05) is 0 Å². The van der Waals surface area contributed by atoms with E-state index in [2.05, 4.69) is 4.72 Å². The lowest BCUT2D eigenvalue weighted by molar-refractivity contribution is 0.0700. The lowest BCUT2D eigenvalue weighted by Gasteiger charge is -2.24. The van der Waals surface area contributed by atoms with Gasteiger partial charge in [0.15, 0.2) is 0 Å². The molecule has 1 aromatic heterocycles. The molecule has 2 heterocycles. The molecule has 0 unspecified atom stereocenters. The molecule has 2 rings (SSSR count). The molecule has 94 valence electrons. The second-order valence-corrected chi connectivity index (χ2v) is 7.84. The highest BCUT2D eigenvalue weighted by molar-refractivity contribution is 8.00. The van der Waals surface area contributed by atoms with Gasteiger partial charge in [0.2, 0.25) is 10.0 Å². The smallest absolute Gasteiger partial charge is 0.346 e. The third kappa shape index (κ3) is 2.35. The van der Waals surface area contributed by atoms with Gasteiger partial charge in [-0.15, -0.1) is 11.3 Å². The first kappa shape index (κ1) is 12.9.